The smallest absolute Gasteiger partial charge is 0.140 e. The second-order valence-corrected chi connectivity index (χ2v) is 4.02. The summed E-state index contributed by atoms with van der Waals surface area (Å²) in [6.45, 7) is 0. The summed E-state index contributed by atoms with van der Waals surface area (Å²) in [5.74, 6) is -0.538. The summed E-state index contributed by atoms with van der Waals surface area (Å²) >= 11 is 0. The Morgan fingerprint density at radius 3 is 2.24 bits per heavy atom. The van der Waals surface area contributed by atoms with Crippen molar-refractivity contribution in [1.82, 2.24) is 0 Å². The Labute approximate surface area is 101 Å². The highest BCUT2D eigenvalue weighted by atomic mass is 14.4. The minimum absolute atomic E-state index is 0.0580. The van der Waals surface area contributed by atoms with Gasteiger partial charge in [-0.15, -0.1) is 0 Å². The average molecular weight is 220 g/mol. The van der Waals surface area contributed by atoms with Crippen LogP contribution in [0.1, 0.15) is 11.5 Å². The molecule has 0 saturated carbocycles. The maximum atomic E-state index is 9.01. The number of nitrogens with zero attached hydrogens (tertiary/aromatic N) is 2. The van der Waals surface area contributed by atoms with Crippen molar-refractivity contribution in [1.29, 1.82) is 10.5 Å². The molecule has 1 aliphatic carbocycles. The average Bonchev–Trinajstić information content (AvgIpc) is 2.42. The van der Waals surface area contributed by atoms with Crippen LogP contribution in [0.2, 0.25) is 0 Å². The van der Waals surface area contributed by atoms with E-state index in [1.807, 2.05) is 48.6 Å². The Hall–Kier alpha value is -2.32. The maximum Gasteiger partial charge on any atom is 0.140 e. The summed E-state index contributed by atoms with van der Waals surface area (Å²) in [6.07, 6.45) is 7.89. The molecule has 0 fully saturated rings. The van der Waals surface area contributed by atoms with Gasteiger partial charge in [-0.2, -0.15) is 10.5 Å². The number of rotatable bonds is 2. The lowest BCUT2D eigenvalue weighted by Crippen LogP contribution is -2.18. The third kappa shape index (κ3) is 2.27. The van der Waals surface area contributed by atoms with Gasteiger partial charge in [0.25, 0.3) is 0 Å². The van der Waals surface area contributed by atoms with E-state index in [0.717, 1.165) is 5.56 Å². The van der Waals surface area contributed by atoms with Crippen LogP contribution in [0, 0.1) is 34.5 Å². The van der Waals surface area contributed by atoms with Crippen molar-refractivity contribution in [3.63, 3.8) is 0 Å². The molecule has 1 aromatic rings. The molecule has 0 heterocycles. The van der Waals surface area contributed by atoms with Crippen LogP contribution < -0.4 is 0 Å². The molecule has 17 heavy (non-hydrogen) atoms. The molecule has 2 heteroatoms. The normalized spacial score (nSPS) is 22.1. The lowest BCUT2D eigenvalue weighted by molar-refractivity contribution is 0.516. The first-order valence-electron chi connectivity index (χ1n) is 5.56. The van der Waals surface area contributed by atoms with E-state index in [2.05, 4.69) is 18.2 Å². The summed E-state index contributed by atoms with van der Waals surface area (Å²) in [5, 5.41) is 18.0. The zero-order chi connectivity index (χ0) is 12.1. The minimum Gasteiger partial charge on any atom is -0.197 e. The van der Waals surface area contributed by atoms with Crippen LogP contribution in [0.3, 0.4) is 0 Å². The Kier molecular flexibility index (Phi) is 3.38. The summed E-state index contributed by atoms with van der Waals surface area (Å²) in [5.41, 5.74) is 1.15. The van der Waals surface area contributed by atoms with Crippen molar-refractivity contribution in [3.05, 3.63) is 60.2 Å². The standard InChI is InChI=1S/C15H12N2/c16-10-13(11-17)15-9-5-4-8-14(15)12-6-2-1-3-7-12/h1-9,13-15H/t14-,15+/m0/s1. The molecule has 0 unspecified atom stereocenters. The van der Waals surface area contributed by atoms with Gasteiger partial charge in [0.05, 0.1) is 12.1 Å². The van der Waals surface area contributed by atoms with Gasteiger partial charge in [0, 0.05) is 11.8 Å². The fraction of sp³-hybridized carbons (Fsp3) is 0.200. The van der Waals surface area contributed by atoms with Crippen LogP contribution in [-0.4, -0.2) is 0 Å². The summed E-state index contributed by atoms with van der Waals surface area (Å²) in [7, 11) is 0. The van der Waals surface area contributed by atoms with Crippen LogP contribution in [0.5, 0.6) is 0 Å². The van der Waals surface area contributed by atoms with Gasteiger partial charge in [-0.3, -0.25) is 0 Å². The van der Waals surface area contributed by atoms with Gasteiger partial charge in [0.1, 0.15) is 5.92 Å². The Bertz CT molecular complexity index is 500. The maximum absolute atomic E-state index is 9.01. The van der Waals surface area contributed by atoms with Gasteiger partial charge in [-0.1, -0.05) is 54.6 Å². The number of nitriles is 2. The van der Waals surface area contributed by atoms with Crippen LogP contribution in [-0.2, 0) is 0 Å². The first kappa shape index (κ1) is 11.2. The molecule has 2 atom stereocenters. The van der Waals surface area contributed by atoms with Crippen LogP contribution >= 0.6 is 0 Å². The van der Waals surface area contributed by atoms with Crippen LogP contribution in [0.25, 0.3) is 0 Å². The first-order chi connectivity index (χ1) is 8.36. The van der Waals surface area contributed by atoms with Crippen LogP contribution in [0.15, 0.2) is 54.6 Å². The van der Waals surface area contributed by atoms with Gasteiger partial charge < -0.3 is 0 Å². The minimum atomic E-state index is -0.596. The zero-order valence-electron chi connectivity index (χ0n) is 9.32. The molecule has 2 nitrogen and oxygen atoms in total. The third-order valence-electron chi connectivity index (χ3n) is 3.03. The van der Waals surface area contributed by atoms with E-state index in [0.29, 0.717) is 0 Å². The van der Waals surface area contributed by atoms with E-state index in [9.17, 15) is 0 Å². The highest BCUT2D eigenvalue weighted by Crippen LogP contribution is 2.34. The molecule has 0 radical (unpaired) electrons. The van der Waals surface area contributed by atoms with E-state index >= 15 is 0 Å². The molecule has 0 aromatic heterocycles. The summed E-state index contributed by atoms with van der Waals surface area (Å²) < 4.78 is 0. The molecule has 0 bridgehead atoms. The van der Waals surface area contributed by atoms with E-state index in [-0.39, 0.29) is 11.8 Å². The van der Waals surface area contributed by atoms with E-state index in [1.165, 1.54) is 0 Å². The quantitative estimate of drug-likeness (QED) is 0.768. The molecular weight excluding hydrogens is 208 g/mol. The van der Waals surface area contributed by atoms with Crippen LogP contribution in [0.4, 0.5) is 0 Å². The second kappa shape index (κ2) is 5.14. The molecule has 0 saturated heterocycles. The second-order valence-electron chi connectivity index (χ2n) is 4.02. The third-order valence-corrected chi connectivity index (χ3v) is 3.03. The molecular formula is C15H12N2. The fourth-order valence-corrected chi connectivity index (χ4v) is 2.15. The SMILES string of the molecule is N#CC(C#N)[C@H]1C=CC=C[C@H]1c1ccccc1. The van der Waals surface area contributed by atoms with Gasteiger partial charge >= 0.3 is 0 Å². The topological polar surface area (TPSA) is 47.6 Å². The highest BCUT2D eigenvalue weighted by Gasteiger charge is 2.28. The summed E-state index contributed by atoms with van der Waals surface area (Å²) in [6, 6.07) is 14.1. The van der Waals surface area contributed by atoms with Gasteiger partial charge in [-0.05, 0) is 5.56 Å². The van der Waals surface area contributed by atoms with Crippen molar-refractivity contribution in [2.24, 2.45) is 11.8 Å². The van der Waals surface area contributed by atoms with E-state index < -0.39 is 5.92 Å². The van der Waals surface area contributed by atoms with E-state index in [4.69, 9.17) is 10.5 Å². The molecule has 0 N–H and O–H groups in total. The molecule has 0 aliphatic heterocycles. The van der Waals surface area contributed by atoms with E-state index in [1.54, 1.807) is 0 Å². The van der Waals surface area contributed by atoms with Gasteiger partial charge in [-0.25, -0.2) is 0 Å². The fourth-order valence-electron chi connectivity index (χ4n) is 2.15. The summed E-state index contributed by atoms with van der Waals surface area (Å²) in [4.78, 5) is 0. The predicted molar refractivity (Wildman–Crippen MR) is 65.7 cm³/mol. The van der Waals surface area contributed by atoms with Crippen molar-refractivity contribution < 1.29 is 0 Å². The largest absolute Gasteiger partial charge is 0.197 e. The van der Waals surface area contributed by atoms with Gasteiger partial charge in [0.2, 0.25) is 0 Å². The number of benzene rings is 1. The Balaban J connectivity index is 2.33. The lowest BCUT2D eigenvalue weighted by atomic mass is 9.76. The monoisotopic (exact) mass is 220 g/mol. The lowest BCUT2D eigenvalue weighted by Gasteiger charge is -2.24. The highest BCUT2D eigenvalue weighted by molar-refractivity contribution is 5.33. The van der Waals surface area contributed by atoms with Crippen molar-refractivity contribution in [3.8, 4) is 12.1 Å². The Morgan fingerprint density at radius 1 is 0.941 bits per heavy atom. The van der Waals surface area contributed by atoms with Crippen molar-refractivity contribution in [2.75, 3.05) is 0 Å². The van der Waals surface area contributed by atoms with Crippen molar-refractivity contribution >= 4 is 0 Å². The number of hydrogen-bond donors (Lipinski definition) is 0. The molecule has 82 valence electrons. The van der Waals surface area contributed by atoms with Gasteiger partial charge in [0.15, 0.2) is 0 Å². The number of hydrogen-bond acceptors (Lipinski definition) is 2. The van der Waals surface area contributed by atoms with Crippen molar-refractivity contribution in [2.45, 2.75) is 5.92 Å². The molecule has 0 spiro atoms. The molecule has 1 aliphatic rings. The molecule has 2 rings (SSSR count). The molecule has 0 amide bonds. The first-order valence-corrected chi connectivity index (χ1v) is 5.56. The zero-order valence-corrected chi connectivity index (χ0v) is 9.32. The predicted octanol–water partition coefficient (Wildman–Crippen LogP) is 3.18. The molecule has 1 aromatic carbocycles. The Morgan fingerprint density at radius 2 is 1.59 bits per heavy atom. The number of allylic oxidation sites excluding steroid dienone is 4.